The van der Waals surface area contributed by atoms with E-state index in [1.807, 2.05) is 6.07 Å². The highest BCUT2D eigenvalue weighted by molar-refractivity contribution is 7.18. The van der Waals surface area contributed by atoms with Gasteiger partial charge in [-0.25, -0.2) is 4.98 Å². The Bertz CT molecular complexity index is 610. The lowest BCUT2D eigenvalue weighted by Gasteiger charge is -2.26. The average Bonchev–Trinajstić information content (AvgIpc) is 3.21. The first-order valence-electron chi connectivity index (χ1n) is 8.31. The first kappa shape index (κ1) is 15.5. The molecule has 1 heterocycles. The third-order valence-electron chi connectivity index (χ3n) is 4.15. The molecule has 1 amide bonds. The molecule has 2 aromatic rings. The van der Waals surface area contributed by atoms with E-state index in [1.165, 1.54) is 22.5 Å². The lowest BCUT2D eigenvalue weighted by Crippen LogP contribution is -2.38. The number of hydrogen-bond donors (Lipinski definition) is 0. The first-order chi connectivity index (χ1) is 10.6. The van der Waals surface area contributed by atoms with Crippen LogP contribution in [0.15, 0.2) is 24.3 Å². The molecule has 0 N–H and O–H groups in total. The summed E-state index contributed by atoms with van der Waals surface area (Å²) in [6, 6.07) is 9.14. The fourth-order valence-corrected chi connectivity index (χ4v) is 3.98. The van der Waals surface area contributed by atoms with Crippen LogP contribution in [0.4, 0.5) is 0 Å². The van der Waals surface area contributed by atoms with Crippen LogP contribution in [0.3, 0.4) is 0 Å². The molecule has 22 heavy (non-hydrogen) atoms. The second-order valence-electron chi connectivity index (χ2n) is 6.41. The number of carbonyl (C=O) groups is 1. The number of fused-ring (bicyclic) bond motifs is 1. The molecular formula is C18H24N2OS. The highest BCUT2D eigenvalue weighted by Crippen LogP contribution is 2.29. The second-order valence-corrected chi connectivity index (χ2v) is 7.52. The Kier molecular flexibility index (Phi) is 4.77. The van der Waals surface area contributed by atoms with Gasteiger partial charge in [-0.15, -0.1) is 11.3 Å². The minimum Gasteiger partial charge on any atom is -0.337 e. The summed E-state index contributed by atoms with van der Waals surface area (Å²) in [6.45, 7) is 4.24. The first-order valence-corrected chi connectivity index (χ1v) is 9.12. The Morgan fingerprint density at radius 2 is 2.09 bits per heavy atom. The highest BCUT2D eigenvalue weighted by atomic mass is 32.1. The lowest BCUT2D eigenvalue weighted by molar-refractivity contribution is -0.133. The van der Waals surface area contributed by atoms with Crippen LogP contribution in [0.25, 0.3) is 10.2 Å². The van der Waals surface area contributed by atoms with E-state index in [9.17, 15) is 4.79 Å². The fraction of sp³-hybridized carbons (Fsp3) is 0.556. The molecule has 1 saturated carbocycles. The van der Waals surface area contributed by atoms with Gasteiger partial charge < -0.3 is 4.90 Å². The van der Waals surface area contributed by atoms with Crippen LogP contribution in [-0.2, 0) is 11.2 Å². The van der Waals surface area contributed by atoms with Crippen molar-refractivity contribution in [3.8, 4) is 0 Å². The molecule has 1 aliphatic carbocycles. The molecule has 1 aliphatic rings. The largest absolute Gasteiger partial charge is 0.337 e. The molecule has 0 saturated heterocycles. The van der Waals surface area contributed by atoms with E-state index in [2.05, 4.69) is 41.9 Å². The van der Waals surface area contributed by atoms with Gasteiger partial charge >= 0.3 is 0 Å². The molecule has 0 spiro atoms. The standard InChI is InChI=1S/C18H24N2OS/c1-13(2)20(14-11-12-14)18(21)10-6-5-9-17-19-15-7-3-4-8-16(15)22-17/h3-4,7-8,13-14H,5-6,9-12H2,1-2H3. The molecule has 3 rings (SSSR count). The molecule has 1 fully saturated rings. The number of para-hydroxylation sites is 1. The normalized spacial score (nSPS) is 14.7. The molecule has 4 heteroatoms. The van der Waals surface area contributed by atoms with Crippen molar-refractivity contribution in [2.75, 3.05) is 0 Å². The van der Waals surface area contributed by atoms with Crippen molar-refractivity contribution in [2.24, 2.45) is 0 Å². The van der Waals surface area contributed by atoms with E-state index in [0.717, 1.165) is 24.8 Å². The molecule has 3 nitrogen and oxygen atoms in total. The number of unbranched alkanes of at least 4 members (excludes halogenated alkanes) is 1. The van der Waals surface area contributed by atoms with Crippen molar-refractivity contribution in [3.63, 3.8) is 0 Å². The SMILES string of the molecule is CC(C)N(C(=O)CCCCc1nc2ccccc2s1)C1CC1. The Morgan fingerprint density at radius 1 is 1.32 bits per heavy atom. The van der Waals surface area contributed by atoms with Crippen LogP contribution >= 0.6 is 11.3 Å². The fourth-order valence-electron chi connectivity index (χ4n) is 2.97. The maximum absolute atomic E-state index is 12.3. The number of hydrogen-bond acceptors (Lipinski definition) is 3. The average molecular weight is 316 g/mol. The molecule has 0 radical (unpaired) electrons. The van der Waals surface area contributed by atoms with Gasteiger partial charge in [-0.3, -0.25) is 4.79 Å². The van der Waals surface area contributed by atoms with Gasteiger partial charge in [0.25, 0.3) is 0 Å². The molecule has 0 unspecified atom stereocenters. The number of thiazole rings is 1. The third kappa shape index (κ3) is 3.67. The molecular weight excluding hydrogens is 292 g/mol. The van der Waals surface area contributed by atoms with Crippen molar-refractivity contribution in [1.29, 1.82) is 0 Å². The predicted octanol–water partition coefficient (Wildman–Crippen LogP) is 4.41. The van der Waals surface area contributed by atoms with Crippen molar-refractivity contribution >= 4 is 27.5 Å². The number of carbonyl (C=O) groups excluding carboxylic acids is 1. The van der Waals surface area contributed by atoms with Gasteiger partial charge in [0, 0.05) is 18.5 Å². The van der Waals surface area contributed by atoms with Crippen LogP contribution in [-0.4, -0.2) is 27.9 Å². The Hall–Kier alpha value is -1.42. The van der Waals surface area contributed by atoms with Crippen molar-refractivity contribution in [2.45, 2.75) is 64.5 Å². The topological polar surface area (TPSA) is 33.2 Å². The van der Waals surface area contributed by atoms with E-state index in [-0.39, 0.29) is 0 Å². The molecule has 1 aromatic heterocycles. The lowest BCUT2D eigenvalue weighted by atomic mass is 10.1. The number of amides is 1. The van der Waals surface area contributed by atoms with Crippen molar-refractivity contribution in [3.05, 3.63) is 29.3 Å². The van der Waals surface area contributed by atoms with Gasteiger partial charge in [-0.2, -0.15) is 0 Å². The van der Waals surface area contributed by atoms with Gasteiger partial charge in [0.15, 0.2) is 0 Å². The van der Waals surface area contributed by atoms with Crippen LogP contribution in [0.2, 0.25) is 0 Å². The third-order valence-corrected chi connectivity index (χ3v) is 5.25. The van der Waals surface area contributed by atoms with Gasteiger partial charge in [0.1, 0.15) is 0 Å². The zero-order valence-electron chi connectivity index (χ0n) is 13.4. The Morgan fingerprint density at radius 3 is 2.77 bits per heavy atom. The summed E-state index contributed by atoms with van der Waals surface area (Å²) in [5.41, 5.74) is 1.10. The van der Waals surface area contributed by atoms with Crippen LogP contribution in [0.1, 0.15) is 51.0 Å². The maximum atomic E-state index is 12.3. The summed E-state index contributed by atoms with van der Waals surface area (Å²) < 4.78 is 1.26. The summed E-state index contributed by atoms with van der Waals surface area (Å²) >= 11 is 1.78. The molecule has 0 bridgehead atoms. The summed E-state index contributed by atoms with van der Waals surface area (Å²) in [5, 5.41) is 1.19. The molecule has 0 aliphatic heterocycles. The summed E-state index contributed by atoms with van der Waals surface area (Å²) in [5.74, 6) is 0.335. The second kappa shape index (κ2) is 6.78. The van der Waals surface area contributed by atoms with E-state index in [1.54, 1.807) is 11.3 Å². The van der Waals surface area contributed by atoms with Crippen LogP contribution in [0.5, 0.6) is 0 Å². The van der Waals surface area contributed by atoms with E-state index in [4.69, 9.17) is 0 Å². The number of benzene rings is 1. The highest BCUT2D eigenvalue weighted by Gasteiger charge is 2.33. The summed E-state index contributed by atoms with van der Waals surface area (Å²) in [4.78, 5) is 19.1. The van der Waals surface area contributed by atoms with Crippen LogP contribution in [0, 0.1) is 0 Å². The minimum atomic E-state index is 0.335. The van der Waals surface area contributed by atoms with Gasteiger partial charge in [-0.05, 0) is 58.1 Å². The van der Waals surface area contributed by atoms with Gasteiger partial charge in [0.05, 0.1) is 15.2 Å². The smallest absolute Gasteiger partial charge is 0.223 e. The zero-order chi connectivity index (χ0) is 15.5. The number of aromatic nitrogens is 1. The van der Waals surface area contributed by atoms with Crippen molar-refractivity contribution in [1.82, 2.24) is 9.88 Å². The quantitative estimate of drug-likeness (QED) is 0.709. The Balaban J connectivity index is 1.45. The van der Waals surface area contributed by atoms with Crippen molar-refractivity contribution < 1.29 is 4.79 Å². The molecule has 0 atom stereocenters. The summed E-state index contributed by atoms with van der Waals surface area (Å²) in [7, 11) is 0. The predicted molar refractivity (Wildman–Crippen MR) is 92.2 cm³/mol. The van der Waals surface area contributed by atoms with Crippen LogP contribution < -0.4 is 0 Å². The Labute approximate surface area is 136 Å². The number of nitrogens with zero attached hydrogens (tertiary/aromatic N) is 2. The van der Waals surface area contributed by atoms with E-state index in [0.29, 0.717) is 24.4 Å². The summed E-state index contributed by atoms with van der Waals surface area (Å²) in [6.07, 6.45) is 6.05. The number of rotatable bonds is 7. The molecule has 1 aromatic carbocycles. The molecule has 118 valence electrons. The number of aryl methyl sites for hydroxylation is 1. The van der Waals surface area contributed by atoms with E-state index >= 15 is 0 Å². The van der Waals surface area contributed by atoms with Gasteiger partial charge in [0.2, 0.25) is 5.91 Å². The minimum absolute atomic E-state index is 0.335. The van der Waals surface area contributed by atoms with E-state index < -0.39 is 0 Å². The monoisotopic (exact) mass is 316 g/mol. The zero-order valence-corrected chi connectivity index (χ0v) is 14.2. The van der Waals surface area contributed by atoms with Gasteiger partial charge in [-0.1, -0.05) is 12.1 Å². The maximum Gasteiger partial charge on any atom is 0.223 e.